The molecule has 110 valence electrons. The number of nitrogens with zero attached hydrogens (tertiary/aromatic N) is 2. The van der Waals surface area contributed by atoms with Crippen LogP contribution in [-0.2, 0) is 13.5 Å². The van der Waals surface area contributed by atoms with Gasteiger partial charge in [0.1, 0.15) is 0 Å². The fourth-order valence-corrected chi connectivity index (χ4v) is 3.39. The summed E-state index contributed by atoms with van der Waals surface area (Å²) in [5.41, 5.74) is 4.47. The fourth-order valence-electron chi connectivity index (χ4n) is 3.39. The highest BCUT2D eigenvalue weighted by Crippen LogP contribution is 2.28. The Hall–Kier alpha value is -2.55. The van der Waals surface area contributed by atoms with Gasteiger partial charge in [0, 0.05) is 41.9 Å². The number of para-hydroxylation sites is 2. The molecule has 0 atom stereocenters. The number of hydrogen-bond donors (Lipinski definition) is 0. The molecular weight excluding hydrogens is 272 g/mol. The molecule has 0 unspecified atom stereocenters. The van der Waals surface area contributed by atoms with Gasteiger partial charge in [0.25, 0.3) is 0 Å². The van der Waals surface area contributed by atoms with Crippen LogP contribution in [0.1, 0.15) is 15.9 Å². The number of aromatic nitrogens is 1. The molecule has 0 amide bonds. The van der Waals surface area contributed by atoms with Gasteiger partial charge < -0.3 is 9.47 Å². The highest BCUT2D eigenvalue weighted by Gasteiger charge is 2.22. The van der Waals surface area contributed by atoms with E-state index in [4.69, 9.17) is 0 Å². The molecule has 2 aromatic carbocycles. The Labute approximate surface area is 129 Å². The molecule has 4 rings (SSSR count). The van der Waals surface area contributed by atoms with E-state index in [2.05, 4.69) is 29.2 Å². The summed E-state index contributed by atoms with van der Waals surface area (Å²) in [4.78, 5) is 15.0. The summed E-state index contributed by atoms with van der Waals surface area (Å²) in [5.74, 6) is 0.188. The van der Waals surface area contributed by atoms with Crippen molar-refractivity contribution in [3.63, 3.8) is 0 Å². The third kappa shape index (κ3) is 2.01. The van der Waals surface area contributed by atoms with Gasteiger partial charge >= 0.3 is 0 Å². The van der Waals surface area contributed by atoms with Gasteiger partial charge in [-0.25, -0.2) is 0 Å². The topological polar surface area (TPSA) is 25.2 Å². The van der Waals surface area contributed by atoms with E-state index in [9.17, 15) is 4.79 Å². The number of carbonyl (C=O) groups is 1. The molecule has 0 N–H and O–H groups in total. The average Bonchev–Trinajstić information content (AvgIpc) is 3.10. The Kier molecular flexibility index (Phi) is 3.00. The number of Topliss-reactive ketones (excluding diaryl/α,β-unsaturated/α-hetero) is 1. The first kappa shape index (κ1) is 13.1. The standard InChI is InChI=1S/C19H18N2O/c1-20-12-16(15-7-3-5-9-18(15)20)19(22)13-21-11-10-14-6-2-4-8-17(14)21/h2-9,12H,10-11,13H2,1H3. The van der Waals surface area contributed by atoms with Crippen LogP contribution < -0.4 is 4.90 Å². The first-order valence-corrected chi connectivity index (χ1v) is 7.64. The molecule has 0 spiro atoms. The van der Waals surface area contributed by atoms with Crippen LogP contribution in [0, 0.1) is 0 Å². The largest absolute Gasteiger partial charge is 0.363 e. The average molecular weight is 290 g/mol. The lowest BCUT2D eigenvalue weighted by molar-refractivity contribution is 0.100. The van der Waals surface area contributed by atoms with Crippen LogP contribution in [0.3, 0.4) is 0 Å². The molecule has 0 saturated carbocycles. The number of benzene rings is 2. The van der Waals surface area contributed by atoms with Gasteiger partial charge in [0.2, 0.25) is 0 Å². The number of rotatable bonds is 3. The summed E-state index contributed by atoms with van der Waals surface area (Å²) in [6.07, 6.45) is 2.98. The van der Waals surface area contributed by atoms with Crippen molar-refractivity contribution >= 4 is 22.4 Å². The molecule has 1 aliphatic heterocycles. The van der Waals surface area contributed by atoms with Crippen LogP contribution in [0.25, 0.3) is 10.9 Å². The highest BCUT2D eigenvalue weighted by atomic mass is 16.1. The van der Waals surface area contributed by atoms with Gasteiger partial charge in [-0.15, -0.1) is 0 Å². The zero-order chi connectivity index (χ0) is 15.1. The molecule has 2 heterocycles. The molecular formula is C19H18N2O. The number of ketones is 1. The van der Waals surface area contributed by atoms with Crippen molar-refractivity contribution < 1.29 is 4.79 Å². The summed E-state index contributed by atoms with van der Waals surface area (Å²) in [6, 6.07) is 16.4. The molecule has 3 aromatic rings. The van der Waals surface area contributed by atoms with E-state index in [0.29, 0.717) is 6.54 Å². The van der Waals surface area contributed by atoms with Crippen molar-refractivity contribution in [2.45, 2.75) is 6.42 Å². The molecule has 1 aromatic heterocycles. The smallest absolute Gasteiger partial charge is 0.184 e. The number of fused-ring (bicyclic) bond motifs is 2. The van der Waals surface area contributed by atoms with Crippen molar-refractivity contribution in [2.75, 3.05) is 18.0 Å². The van der Waals surface area contributed by atoms with E-state index in [-0.39, 0.29) is 5.78 Å². The van der Waals surface area contributed by atoms with E-state index < -0.39 is 0 Å². The van der Waals surface area contributed by atoms with E-state index >= 15 is 0 Å². The molecule has 3 nitrogen and oxygen atoms in total. The fraction of sp³-hybridized carbons (Fsp3) is 0.211. The van der Waals surface area contributed by atoms with Crippen molar-refractivity contribution in [3.8, 4) is 0 Å². The second kappa shape index (κ2) is 5.02. The molecule has 0 saturated heterocycles. The normalized spacial score (nSPS) is 13.6. The highest BCUT2D eigenvalue weighted by molar-refractivity contribution is 6.10. The maximum Gasteiger partial charge on any atom is 0.184 e. The Morgan fingerprint density at radius 1 is 1.09 bits per heavy atom. The Bertz CT molecular complexity index is 863. The van der Waals surface area contributed by atoms with Crippen molar-refractivity contribution in [2.24, 2.45) is 7.05 Å². The maximum atomic E-state index is 12.8. The summed E-state index contributed by atoms with van der Waals surface area (Å²) < 4.78 is 2.03. The minimum atomic E-state index is 0.188. The van der Waals surface area contributed by atoms with Crippen molar-refractivity contribution in [1.29, 1.82) is 0 Å². The zero-order valence-electron chi connectivity index (χ0n) is 12.6. The van der Waals surface area contributed by atoms with E-state index in [1.165, 1.54) is 11.3 Å². The van der Waals surface area contributed by atoms with Crippen LogP contribution in [0.2, 0.25) is 0 Å². The molecule has 3 heteroatoms. The lowest BCUT2D eigenvalue weighted by Crippen LogP contribution is -2.27. The van der Waals surface area contributed by atoms with Gasteiger partial charge in [-0.2, -0.15) is 0 Å². The van der Waals surface area contributed by atoms with Crippen LogP contribution >= 0.6 is 0 Å². The number of carbonyl (C=O) groups excluding carboxylic acids is 1. The number of aryl methyl sites for hydroxylation is 1. The van der Waals surface area contributed by atoms with Crippen molar-refractivity contribution in [3.05, 3.63) is 65.9 Å². The summed E-state index contributed by atoms with van der Waals surface area (Å²) >= 11 is 0. The third-order valence-corrected chi connectivity index (χ3v) is 4.52. The Balaban J connectivity index is 1.65. The summed E-state index contributed by atoms with van der Waals surface area (Å²) in [6.45, 7) is 1.38. The molecule has 0 fully saturated rings. The lowest BCUT2D eigenvalue weighted by atomic mass is 10.1. The van der Waals surface area contributed by atoms with Crippen LogP contribution in [0.15, 0.2) is 54.7 Å². The Morgan fingerprint density at radius 2 is 1.86 bits per heavy atom. The van der Waals surface area contributed by atoms with Gasteiger partial charge in [0.05, 0.1) is 6.54 Å². The van der Waals surface area contributed by atoms with Gasteiger partial charge in [0.15, 0.2) is 5.78 Å². The molecule has 0 radical (unpaired) electrons. The lowest BCUT2D eigenvalue weighted by Gasteiger charge is -2.18. The molecule has 0 bridgehead atoms. The van der Waals surface area contributed by atoms with E-state index in [0.717, 1.165) is 29.4 Å². The molecule has 1 aliphatic rings. The predicted octanol–water partition coefficient (Wildman–Crippen LogP) is 3.42. The van der Waals surface area contributed by atoms with Crippen LogP contribution in [0.5, 0.6) is 0 Å². The molecule has 0 aliphatic carbocycles. The van der Waals surface area contributed by atoms with Gasteiger partial charge in [-0.1, -0.05) is 36.4 Å². The minimum Gasteiger partial charge on any atom is -0.363 e. The quantitative estimate of drug-likeness (QED) is 0.691. The predicted molar refractivity (Wildman–Crippen MR) is 89.6 cm³/mol. The van der Waals surface area contributed by atoms with E-state index in [1.807, 2.05) is 42.1 Å². The zero-order valence-corrected chi connectivity index (χ0v) is 12.6. The van der Waals surface area contributed by atoms with Gasteiger partial charge in [-0.3, -0.25) is 4.79 Å². The Morgan fingerprint density at radius 3 is 2.77 bits per heavy atom. The first-order valence-electron chi connectivity index (χ1n) is 7.64. The maximum absolute atomic E-state index is 12.8. The van der Waals surface area contributed by atoms with E-state index in [1.54, 1.807) is 0 Å². The minimum absolute atomic E-state index is 0.188. The molecule has 22 heavy (non-hydrogen) atoms. The third-order valence-electron chi connectivity index (χ3n) is 4.52. The van der Waals surface area contributed by atoms with Crippen molar-refractivity contribution in [1.82, 2.24) is 4.57 Å². The van der Waals surface area contributed by atoms with Crippen LogP contribution in [-0.4, -0.2) is 23.4 Å². The van der Waals surface area contributed by atoms with Gasteiger partial charge in [-0.05, 0) is 24.1 Å². The second-order valence-corrected chi connectivity index (χ2v) is 5.89. The SMILES string of the molecule is Cn1cc(C(=O)CN2CCc3ccccc32)c2ccccc21. The summed E-state index contributed by atoms with van der Waals surface area (Å²) in [5, 5.41) is 1.04. The second-order valence-electron chi connectivity index (χ2n) is 5.89. The van der Waals surface area contributed by atoms with Crippen LogP contribution in [0.4, 0.5) is 5.69 Å². The summed E-state index contributed by atoms with van der Waals surface area (Å²) in [7, 11) is 1.99. The number of hydrogen-bond acceptors (Lipinski definition) is 2. The first-order chi connectivity index (χ1) is 10.7. The monoisotopic (exact) mass is 290 g/mol. The number of anilines is 1.